The molecule has 436 valence electrons. The summed E-state index contributed by atoms with van der Waals surface area (Å²) in [7, 11) is 0. The van der Waals surface area contributed by atoms with Gasteiger partial charge in [-0.15, -0.1) is 0 Å². The lowest BCUT2D eigenvalue weighted by Gasteiger charge is -2.18. The van der Waals surface area contributed by atoms with Crippen LogP contribution in [0.4, 0.5) is 0 Å². The quantitative estimate of drug-likeness (QED) is 0.0261. The number of rotatable bonds is 60. The van der Waals surface area contributed by atoms with E-state index >= 15 is 0 Å². The highest BCUT2D eigenvalue weighted by Gasteiger charge is 2.19. The first-order valence-electron chi connectivity index (χ1n) is 32.8. The van der Waals surface area contributed by atoms with Gasteiger partial charge in [-0.2, -0.15) is 0 Å². The molecule has 0 N–H and O–H groups in total. The molecule has 0 aromatic rings. The molecule has 0 heterocycles. The molecule has 0 radical (unpaired) electrons. The van der Waals surface area contributed by atoms with E-state index in [9.17, 15) is 14.4 Å². The molecule has 75 heavy (non-hydrogen) atoms. The third-order valence-electron chi connectivity index (χ3n) is 14.5. The Morgan fingerprint density at radius 3 is 0.827 bits per heavy atom. The van der Waals surface area contributed by atoms with Gasteiger partial charge in [0.2, 0.25) is 0 Å². The zero-order valence-corrected chi connectivity index (χ0v) is 50.1. The third kappa shape index (κ3) is 61.8. The van der Waals surface area contributed by atoms with Gasteiger partial charge in [-0.25, -0.2) is 0 Å². The van der Waals surface area contributed by atoms with Crippen LogP contribution in [0, 0.1) is 0 Å². The minimum Gasteiger partial charge on any atom is -0.462 e. The van der Waals surface area contributed by atoms with Crippen LogP contribution in [0.2, 0.25) is 0 Å². The van der Waals surface area contributed by atoms with Crippen molar-refractivity contribution in [2.75, 3.05) is 13.2 Å². The smallest absolute Gasteiger partial charge is 0.306 e. The Balaban J connectivity index is 4.41. The molecule has 1 unspecified atom stereocenters. The lowest BCUT2D eigenvalue weighted by molar-refractivity contribution is -0.166. The molecule has 6 nitrogen and oxygen atoms in total. The Morgan fingerprint density at radius 1 is 0.267 bits per heavy atom. The summed E-state index contributed by atoms with van der Waals surface area (Å²) in [6.07, 6.45) is 81.0. The molecule has 0 bridgehead atoms. The number of carbonyl (C=O) groups excluding carboxylic acids is 3. The highest BCUT2D eigenvalue weighted by Crippen LogP contribution is 2.18. The number of hydrogen-bond donors (Lipinski definition) is 0. The van der Waals surface area contributed by atoms with Gasteiger partial charge in [-0.3, -0.25) is 14.4 Å². The number of allylic oxidation sites excluding steroid dienone is 10. The van der Waals surface area contributed by atoms with Crippen LogP contribution in [-0.4, -0.2) is 37.2 Å². The van der Waals surface area contributed by atoms with Gasteiger partial charge in [0.15, 0.2) is 6.10 Å². The van der Waals surface area contributed by atoms with Gasteiger partial charge in [0.05, 0.1) is 0 Å². The first kappa shape index (κ1) is 72.1. The molecule has 0 spiro atoms. The maximum absolute atomic E-state index is 12.9. The highest BCUT2D eigenvalue weighted by molar-refractivity contribution is 5.71. The molecule has 0 aromatic carbocycles. The van der Waals surface area contributed by atoms with E-state index in [-0.39, 0.29) is 37.5 Å². The van der Waals surface area contributed by atoms with Crippen molar-refractivity contribution in [3.8, 4) is 0 Å². The Hall–Kier alpha value is -2.89. The molecule has 0 amide bonds. The van der Waals surface area contributed by atoms with Crippen LogP contribution in [0.15, 0.2) is 60.8 Å². The van der Waals surface area contributed by atoms with Crippen molar-refractivity contribution in [3.05, 3.63) is 60.8 Å². The molecule has 0 fully saturated rings. The van der Waals surface area contributed by atoms with Crippen LogP contribution in [0.1, 0.15) is 342 Å². The Kier molecular flexibility index (Phi) is 61.2. The molecule has 1 atom stereocenters. The summed E-state index contributed by atoms with van der Waals surface area (Å²) in [6.45, 7) is 6.61. The van der Waals surface area contributed by atoms with Crippen LogP contribution in [0.3, 0.4) is 0 Å². The van der Waals surface area contributed by atoms with E-state index in [0.717, 1.165) is 64.2 Å². The first-order valence-corrected chi connectivity index (χ1v) is 32.8. The lowest BCUT2D eigenvalue weighted by atomic mass is 10.0. The predicted molar refractivity (Wildman–Crippen MR) is 325 cm³/mol. The molecule has 0 aliphatic carbocycles. The third-order valence-corrected chi connectivity index (χ3v) is 14.5. The maximum atomic E-state index is 12.9. The van der Waals surface area contributed by atoms with Crippen molar-refractivity contribution >= 4 is 17.9 Å². The second kappa shape index (κ2) is 63.6. The molecule has 0 aliphatic heterocycles. The maximum Gasteiger partial charge on any atom is 0.306 e. The van der Waals surface area contributed by atoms with E-state index in [0.29, 0.717) is 19.3 Å². The second-order valence-corrected chi connectivity index (χ2v) is 22.0. The van der Waals surface area contributed by atoms with Crippen molar-refractivity contribution in [2.24, 2.45) is 0 Å². The summed E-state index contributed by atoms with van der Waals surface area (Å²) in [5.74, 6) is -0.956. The zero-order valence-electron chi connectivity index (χ0n) is 50.1. The molecular weight excluding hydrogens is 925 g/mol. The van der Waals surface area contributed by atoms with E-state index in [1.54, 1.807) is 0 Å². The van der Waals surface area contributed by atoms with Gasteiger partial charge in [0, 0.05) is 19.3 Å². The highest BCUT2D eigenvalue weighted by atomic mass is 16.6. The summed E-state index contributed by atoms with van der Waals surface area (Å²) in [4.78, 5) is 38.3. The van der Waals surface area contributed by atoms with Crippen LogP contribution >= 0.6 is 0 Å². The molecule has 6 heteroatoms. The van der Waals surface area contributed by atoms with Gasteiger partial charge >= 0.3 is 17.9 Å². The summed E-state index contributed by atoms with van der Waals surface area (Å²) < 4.78 is 16.9. The van der Waals surface area contributed by atoms with Gasteiger partial charge in [-0.1, -0.05) is 326 Å². The topological polar surface area (TPSA) is 78.9 Å². The van der Waals surface area contributed by atoms with Crippen molar-refractivity contribution < 1.29 is 28.6 Å². The van der Waals surface area contributed by atoms with Crippen LogP contribution in [0.25, 0.3) is 0 Å². The lowest BCUT2D eigenvalue weighted by Crippen LogP contribution is -2.30. The van der Waals surface area contributed by atoms with E-state index in [1.165, 1.54) is 231 Å². The Bertz CT molecular complexity index is 1340. The number of hydrogen-bond acceptors (Lipinski definition) is 6. The fourth-order valence-corrected chi connectivity index (χ4v) is 9.61. The van der Waals surface area contributed by atoms with E-state index in [2.05, 4.69) is 75.5 Å². The van der Waals surface area contributed by atoms with Crippen molar-refractivity contribution in [3.63, 3.8) is 0 Å². The Morgan fingerprint density at radius 2 is 0.507 bits per heavy atom. The van der Waals surface area contributed by atoms with E-state index in [1.807, 2.05) is 6.08 Å². The summed E-state index contributed by atoms with van der Waals surface area (Å²) in [5.41, 5.74) is 0. The van der Waals surface area contributed by atoms with Gasteiger partial charge in [-0.05, 0) is 57.8 Å². The SMILES string of the molecule is CCCCC/C=C\C/C=C\C/C=C\C/C=C\C/C=C\CCC(=O)OCC(COC(=O)CCCCCCCCCCCCCCCCCCCCCCC)OC(=O)CCCCCCCCCCCCCCCCCCC. The number of carbonyl (C=O) groups is 3. The van der Waals surface area contributed by atoms with Gasteiger partial charge in [0.1, 0.15) is 13.2 Å². The van der Waals surface area contributed by atoms with Gasteiger partial charge in [0.25, 0.3) is 0 Å². The molecule has 0 saturated heterocycles. The number of esters is 3. The van der Waals surface area contributed by atoms with Crippen molar-refractivity contribution in [1.29, 1.82) is 0 Å². The monoisotopic (exact) mass is 1050 g/mol. The van der Waals surface area contributed by atoms with Crippen LogP contribution in [0.5, 0.6) is 0 Å². The summed E-state index contributed by atoms with van der Waals surface area (Å²) >= 11 is 0. The average Bonchev–Trinajstić information content (AvgIpc) is 3.41. The largest absolute Gasteiger partial charge is 0.462 e. The van der Waals surface area contributed by atoms with Crippen LogP contribution in [-0.2, 0) is 28.6 Å². The number of unbranched alkanes of at least 4 members (excludes halogenated alkanes) is 39. The molecule has 0 rings (SSSR count). The van der Waals surface area contributed by atoms with Crippen molar-refractivity contribution in [2.45, 2.75) is 348 Å². The minimum atomic E-state index is -0.802. The standard InChI is InChI=1S/C69H124O6/c1-4-7-10-13-16-19-22-25-28-31-33-34-36-39-41-44-47-50-53-56-59-62-68(71)74-65-66(75-69(72)63-60-57-54-51-48-45-42-37-30-27-24-21-18-15-12-9-6-3)64-73-67(70)61-58-55-52-49-46-43-40-38-35-32-29-26-23-20-17-14-11-8-5-2/h17,20,26,29,35,38,43,46,52,55,66H,4-16,18-19,21-25,27-28,30-34,36-37,39-42,44-45,47-51,53-54,56-65H2,1-3H3/b20-17-,29-26-,38-35-,46-43-,55-52-. The molecular formula is C69H124O6. The molecule has 0 aromatic heterocycles. The van der Waals surface area contributed by atoms with E-state index in [4.69, 9.17) is 14.2 Å². The fraction of sp³-hybridized carbons (Fsp3) is 0.812. The summed E-state index contributed by atoms with van der Waals surface area (Å²) in [6, 6.07) is 0. The summed E-state index contributed by atoms with van der Waals surface area (Å²) in [5, 5.41) is 0. The van der Waals surface area contributed by atoms with Crippen molar-refractivity contribution in [1.82, 2.24) is 0 Å². The predicted octanol–water partition coefficient (Wildman–Crippen LogP) is 22.3. The average molecular weight is 1050 g/mol. The first-order chi connectivity index (χ1) is 37.0. The minimum absolute atomic E-state index is 0.0921. The molecule has 0 saturated carbocycles. The van der Waals surface area contributed by atoms with E-state index < -0.39 is 6.10 Å². The van der Waals surface area contributed by atoms with Gasteiger partial charge < -0.3 is 14.2 Å². The van der Waals surface area contributed by atoms with Crippen LogP contribution < -0.4 is 0 Å². The molecule has 0 aliphatic rings. The normalized spacial score (nSPS) is 12.4. The Labute approximate surface area is 466 Å². The number of ether oxygens (including phenoxy) is 3. The second-order valence-electron chi connectivity index (χ2n) is 22.0. The zero-order chi connectivity index (χ0) is 54.3. The fourth-order valence-electron chi connectivity index (χ4n) is 9.61.